The number of carbonyl (C=O) groups excluding carboxylic acids is 6. The van der Waals surface area contributed by atoms with Gasteiger partial charge in [0.2, 0.25) is 11.8 Å². The molecule has 40 heteroatoms. The van der Waals surface area contributed by atoms with E-state index in [4.69, 9.17) is 102 Å². The molecule has 0 fully saturated rings. The molecule has 0 aliphatic rings. The smallest absolute Gasteiger partial charge is 0.307 e. The van der Waals surface area contributed by atoms with Gasteiger partial charge in [-0.3, -0.25) is 39.2 Å². The van der Waals surface area contributed by atoms with Gasteiger partial charge in [0.1, 0.15) is 0 Å². The number of nitrogens with zero attached hydrogens (tertiary/aromatic N) is 3. The number of hydrogen-bond acceptors (Lipinski definition) is 34. The highest BCUT2D eigenvalue weighted by Crippen LogP contribution is 2.27. The number of allylic oxidation sites excluding steroid dienone is 1. The molecule has 0 radical (unpaired) electrons. The van der Waals surface area contributed by atoms with Crippen LogP contribution in [0.2, 0.25) is 0 Å². The summed E-state index contributed by atoms with van der Waals surface area (Å²) < 4.78 is 134. The molecule has 0 saturated carbocycles. The van der Waals surface area contributed by atoms with Gasteiger partial charge in [-0.05, 0) is 77.9 Å². The van der Waals surface area contributed by atoms with Gasteiger partial charge in [-0.1, -0.05) is 73.5 Å². The number of hydrogen-bond donors (Lipinski definition) is 9. The number of benzene rings is 3. The van der Waals surface area contributed by atoms with Crippen molar-refractivity contribution in [1.82, 2.24) is 11.0 Å². The van der Waals surface area contributed by atoms with Crippen LogP contribution in [0.1, 0.15) is 103 Å². The number of halogens is 1. The fraction of sp³-hybridized carbons (Fsp3) is 0.608. The van der Waals surface area contributed by atoms with Crippen molar-refractivity contribution in [1.29, 1.82) is 15.8 Å². The van der Waals surface area contributed by atoms with Gasteiger partial charge in [0.25, 0.3) is 9.05 Å². The largest absolute Gasteiger partial charge is 0.469 e. The normalized spacial score (nSPS) is 11.3. The zero-order valence-electron chi connectivity index (χ0n) is 67.3. The van der Waals surface area contributed by atoms with E-state index in [1.165, 1.54) is 69.7 Å². The number of esters is 4. The van der Waals surface area contributed by atoms with E-state index in [9.17, 15) is 54.0 Å². The SMILES string of the molecule is C=CC#N.CC(N)(CO)CO.CC(N)(COCCC#N)COCCC#N.COC(=O)CCOCC(C)(COCCC(=O)OC)CS(=O)(=O)c1ccc(C)cc1.COC(=O)CCOCC(C)(N)COCCC(=O)OC.Cc1ccc(S(=O)(=O)CC(C)(COCCC(=O)NO)COCCC(=O)NO)cc1.Cc1ccc(S(=O)(=O)Cl)cc1. The minimum absolute atomic E-state index is 0.0144. The highest BCUT2D eigenvalue weighted by molar-refractivity contribution is 8.13. The van der Waals surface area contributed by atoms with Gasteiger partial charge < -0.3 is 84.3 Å². The highest BCUT2D eigenvalue weighted by Gasteiger charge is 2.35. The third kappa shape index (κ3) is 62.6. The molecule has 36 nitrogen and oxygen atoms in total. The number of methoxy groups -OCH3 is 4. The number of nitrogens with one attached hydrogen (secondary N) is 2. The Kier molecular flexibility index (Phi) is 62.6. The number of aliphatic hydroxyl groups excluding tert-OH is 2. The molecule has 114 heavy (non-hydrogen) atoms. The molecule has 0 aliphatic carbocycles. The van der Waals surface area contributed by atoms with Gasteiger partial charge in [-0.2, -0.15) is 15.8 Å². The molecule has 12 N–H and O–H groups in total. The molecule has 0 aromatic heterocycles. The zero-order chi connectivity index (χ0) is 87.9. The fourth-order valence-electron chi connectivity index (χ4n) is 7.86. The third-order valence-electron chi connectivity index (χ3n) is 14.1. The Morgan fingerprint density at radius 1 is 0.430 bits per heavy atom. The van der Waals surface area contributed by atoms with Crippen LogP contribution in [0.25, 0.3) is 0 Å². The van der Waals surface area contributed by atoms with Gasteiger partial charge in [0, 0.05) is 27.6 Å². The number of nitrogens with two attached hydrogens (primary N) is 3. The van der Waals surface area contributed by atoms with Crippen molar-refractivity contribution >= 4 is 75.1 Å². The van der Waals surface area contributed by atoms with Gasteiger partial charge in [0.15, 0.2) is 19.7 Å². The summed E-state index contributed by atoms with van der Waals surface area (Å²) in [6, 6.07) is 25.1. The van der Waals surface area contributed by atoms with Crippen LogP contribution in [0.4, 0.5) is 0 Å². The lowest BCUT2D eigenvalue weighted by Gasteiger charge is -2.29. The summed E-state index contributed by atoms with van der Waals surface area (Å²) in [6.45, 7) is 19.7. The predicted molar refractivity (Wildman–Crippen MR) is 417 cm³/mol. The topological polar surface area (TPSA) is 570 Å². The number of rotatable bonds is 47. The molecule has 0 unspecified atom stereocenters. The molecular formula is C74H119ClN8O28S3. The van der Waals surface area contributed by atoms with Crippen molar-refractivity contribution in [3.63, 3.8) is 0 Å². The van der Waals surface area contributed by atoms with E-state index in [1.807, 2.05) is 39.8 Å². The van der Waals surface area contributed by atoms with Gasteiger partial charge >= 0.3 is 23.9 Å². The van der Waals surface area contributed by atoms with E-state index < -0.39 is 79.9 Å². The van der Waals surface area contributed by atoms with Crippen molar-refractivity contribution in [2.75, 3.05) is 159 Å². The van der Waals surface area contributed by atoms with Crippen LogP contribution in [-0.2, 0) is 114 Å². The lowest BCUT2D eigenvalue weighted by atomic mass is 9.96. The van der Waals surface area contributed by atoms with Gasteiger partial charge in [0.05, 0.1) is 260 Å². The van der Waals surface area contributed by atoms with Crippen molar-refractivity contribution < 1.29 is 131 Å². The lowest BCUT2D eigenvalue weighted by molar-refractivity contribution is -0.143. The molecule has 0 heterocycles. The minimum atomic E-state index is -3.65. The maximum Gasteiger partial charge on any atom is 0.307 e. The van der Waals surface area contributed by atoms with E-state index in [-0.39, 0.29) is 169 Å². The fourth-order valence-corrected chi connectivity index (χ4v) is 12.2. The number of amides is 2. The molecule has 0 spiro atoms. The molecule has 2 amide bonds. The Labute approximate surface area is 675 Å². The van der Waals surface area contributed by atoms with E-state index in [2.05, 4.69) is 25.5 Å². The van der Waals surface area contributed by atoms with Crippen LogP contribution in [-0.4, -0.2) is 257 Å². The number of aliphatic hydroxyl groups is 2. The molecule has 0 atom stereocenters. The first-order valence-electron chi connectivity index (χ1n) is 35.0. The quantitative estimate of drug-likeness (QED) is 0.00725. The Morgan fingerprint density at radius 3 is 0.860 bits per heavy atom. The van der Waals surface area contributed by atoms with Crippen LogP contribution in [0.5, 0.6) is 0 Å². The van der Waals surface area contributed by atoms with E-state index in [0.717, 1.165) is 16.7 Å². The van der Waals surface area contributed by atoms with Crippen LogP contribution < -0.4 is 28.2 Å². The van der Waals surface area contributed by atoms with Crippen molar-refractivity contribution in [2.24, 2.45) is 28.0 Å². The number of ether oxygens (including phenoxy) is 12. The summed E-state index contributed by atoms with van der Waals surface area (Å²) >= 11 is 0. The second-order valence-electron chi connectivity index (χ2n) is 26.7. The molecule has 3 rings (SSSR count). The molecule has 0 bridgehead atoms. The zero-order valence-corrected chi connectivity index (χ0v) is 70.5. The summed E-state index contributed by atoms with van der Waals surface area (Å²) in [6.07, 6.45) is 2.26. The molecule has 3 aromatic rings. The maximum absolute atomic E-state index is 12.9. The maximum atomic E-state index is 12.9. The van der Waals surface area contributed by atoms with Crippen LogP contribution in [0.3, 0.4) is 0 Å². The Morgan fingerprint density at radius 2 is 0.658 bits per heavy atom. The summed E-state index contributed by atoms with van der Waals surface area (Å²) in [7, 11) is -0.485. The van der Waals surface area contributed by atoms with Gasteiger partial charge in [-0.25, -0.2) is 36.2 Å². The first-order chi connectivity index (χ1) is 53.3. The van der Waals surface area contributed by atoms with Crippen LogP contribution in [0.15, 0.2) is 100 Å². The highest BCUT2D eigenvalue weighted by atomic mass is 35.7. The Bertz CT molecular complexity index is 3450. The van der Waals surface area contributed by atoms with E-state index in [0.29, 0.717) is 39.3 Å². The van der Waals surface area contributed by atoms with Crippen LogP contribution in [0, 0.1) is 65.6 Å². The minimum Gasteiger partial charge on any atom is -0.469 e. The number of hydroxylamine groups is 2. The average Bonchev–Trinajstić information content (AvgIpc) is 0.820. The molecule has 648 valence electrons. The number of aryl methyl sites for hydroxylation is 3. The summed E-state index contributed by atoms with van der Waals surface area (Å²) in [5, 5.41) is 57.7. The Balaban J connectivity index is -0.000000662. The van der Waals surface area contributed by atoms with Crippen molar-refractivity contribution in [2.45, 2.75) is 138 Å². The van der Waals surface area contributed by atoms with Gasteiger partial charge in [-0.15, -0.1) is 0 Å². The second kappa shape index (κ2) is 63.4. The number of sulfone groups is 2. The average molecular weight is 1700 g/mol. The van der Waals surface area contributed by atoms with E-state index >= 15 is 0 Å². The summed E-state index contributed by atoms with van der Waals surface area (Å²) in [4.78, 5) is 66.8. The van der Waals surface area contributed by atoms with Crippen LogP contribution >= 0.6 is 10.7 Å². The third-order valence-corrected chi connectivity index (χ3v) is 19.6. The summed E-state index contributed by atoms with van der Waals surface area (Å²) in [5.74, 6) is -3.20. The lowest BCUT2D eigenvalue weighted by Crippen LogP contribution is -2.46. The Hall–Kier alpha value is -7.77. The van der Waals surface area contributed by atoms with Crippen molar-refractivity contribution in [3.8, 4) is 18.2 Å². The second-order valence-corrected chi connectivity index (χ2v) is 33.3. The number of carbonyl (C=O) groups is 6. The van der Waals surface area contributed by atoms with E-state index in [1.54, 1.807) is 82.3 Å². The summed E-state index contributed by atoms with van der Waals surface area (Å²) in [5.41, 5.74) is 19.0. The van der Waals surface area contributed by atoms with Crippen molar-refractivity contribution in [3.05, 3.63) is 102 Å². The monoisotopic (exact) mass is 1700 g/mol. The molecule has 0 aliphatic heterocycles. The first-order valence-corrected chi connectivity index (χ1v) is 40.6. The molecular weight excluding hydrogens is 1580 g/mol. The molecule has 3 aromatic carbocycles. The number of nitriles is 3. The standard InChI is InChI=1S/C20H30O8S.C18H28N2O8S.C12H23NO6.C10H17N3O2.C7H7ClO2S.C4H11NO2.C3H3N/c1-16-5-7-17(8-6-16)29(23,24)15-20(2,13-27-11-9-18(21)25-3)14-28-12-10-19(22)26-4;1-14-3-5-15(6-4-14)29(25,26)13-18(2,11-27-9-7-16(21)19-23)12-28-10-8-17(22)20-24;1-12(13,8-18-6-4-10(14)16-2)9-19-7-5-11(15)17-3;1-10(13,8-14-6-2-4-11)9-15-7-3-5-12;1-6-2-4-7(5-3-6)11(8,9)10;1-4(5,2-6)3-7;1-2-3-4/h5-8H,9-15H2,1-4H3;3-6,23-24H,7-13H2,1-2H3,(H,19,21)(H,20,22);4-9,13H2,1-3H3;2-3,6-9,13H2,1H3;2-5H,1H3;6-7H,2-3,5H2,1H3;2H,1H2. The first kappa shape index (κ1) is 113. The predicted octanol–water partition coefficient (Wildman–Crippen LogP) is 4.27. The molecule has 0 saturated heterocycles.